The molecule has 3 heterocycles. The Kier molecular flexibility index (Phi) is 10.5. The van der Waals surface area contributed by atoms with Gasteiger partial charge in [0, 0.05) is 38.2 Å². The zero-order valence-corrected chi connectivity index (χ0v) is 40.3. The number of hydrogen-bond donors (Lipinski definition) is 0. The highest BCUT2D eigenvalue weighted by Crippen LogP contribution is 2.43. The van der Waals surface area contributed by atoms with Gasteiger partial charge in [0.05, 0.1) is 44.8 Å². The minimum Gasteiger partial charge on any atom is -0.309 e. The summed E-state index contributed by atoms with van der Waals surface area (Å²) in [7, 11) is 0. The quantitative estimate of drug-likeness (QED) is 0.145. The predicted octanol–water partition coefficient (Wildman–Crippen LogP) is 18.3. The number of nitrogens with zero attached hydrogens (tertiary/aromatic N) is 4. The molecule has 0 saturated heterocycles. The lowest BCUT2D eigenvalue weighted by Gasteiger charge is -2.17. The molecule has 0 N–H and O–H groups in total. The molecule has 0 amide bonds. The zero-order valence-electron chi connectivity index (χ0n) is 40.3. The Bertz CT molecular complexity index is 3930. The van der Waals surface area contributed by atoms with Gasteiger partial charge in [-0.3, -0.25) is 0 Å². The molecule has 11 aromatic carbocycles. The van der Waals surface area contributed by atoms with Crippen molar-refractivity contribution in [1.29, 1.82) is 0 Å². The molecule has 14 aromatic rings. The normalized spacial score (nSPS) is 11.5. The van der Waals surface area contributed by atoms with Gasteiger partial charge in [0.15, 0.2) is 5.82 Å². The molecule has 0 unspecified atom stereocenters. The first kappa shape index (κ1) is 42.9. The van der Waals surface area contributed by atoms with E-state index in [1.165, 1.54) is 66.1 Å². The van der Waals surface area contributed by atoms with E-state index in [1.807, 2.05) is 6.07 Å². The van der Waals surface area contributed by atoms with Gasteiger partial charge >= 0.3 is 0 Å². The van der Waals surface area contributed by atoms with Crippen molar-refractivity contribution in [1.82, 2.24) is 19.1 Å². The Labute approximate surface area is 429 Å². The molecule has 346 valence electrons. The van der Waals surface area contributed by atoms with E-state index in [4.69, 9.17) is 9.97 Å². The molecule has 0 spiro atoms. The summed E-state index contributed by atoms with van der Waals surface area (Å²) in [6.45, 7) is 0. The summed E-state index contributed by atoms with van der Waals surface area (Å²) < 4.78 is 4.85. The van der Waals surface area contributed by atoms with Crippen LogP contribution in [0, 0.1) is 0 Å². The van der Waals surface area contributed by atoms with E-state index in [1.54, 1.807) is 0 Å². The van der Waals surface area contributed by atoms with Crippen molar-refractivity contribution >= 4 is 43.6 Å². The molecule has 4 heteroatoms. The number of fused-ring (bicyclic) bond motifs is 6. The van der Waals surface area contributed by atoms with Crippen LogP contribution in [-0.2, 0) is 0 Å². The largest absolute Gasteiger partial charge is 0.309 e. The minimum absolute atomic E-state index is 0.659. The summed E-state index contributed by atoms with van der Waals surface area (Å²) in [5, 5.41) is 4.76. The fourth-order valence-corrected chi connectivity index (χ4v) is 11.0. The second kappa shape index (κ2) is 18.1. The van der Waals surface area contributed by atoms with Gasteiger partial charge in [-0.15, -0.1) is 0 Å². The number of para-hydroxylation sites is 2. The summed E-state index contributed by atoms with van der Waals surface area (Å²) in [5.41, 5.74) is 20.6. The lowest BCUT2D eigenvalue weighted by Crippen LogP contribution is -2.02. The summed E-state index contributed by atoms with van der Waals surface area (Å²) in [6.07, 6.45) is 0. The molecule has 74 heavy (non-hydrogen) atoms. The van der Waals surface area contributed by atoms with Crippen molar-refractivity contribution in [2.24, 2.45) is 0 Å². The topological polar surface area (TPSA) is 35.6 Å². The third-order valence-electron chi connectivity index (χ3n) is 14.6. The molecule has 0 aliphatic carbocycles. The summed E-state index contributed by atoms with van der Waals surface area (Å²) in [5.74, 6) is 0.659. The maximum absolute atomic E-state index is 5.48. The smallest absolute Gasteiger partial charge is 0.160 e. The van der Waals surface area contributed by atoms with Crippen molar-refractivity contribution in [2.45, 2.75) is 0 Å². The molecule has 0 saturated carbocycles. The van der Waals surface area contributed by atoms with Crippen LogP contribution in [0.4, 0.5) is 0 Å². The molecule has 0 radical (unpaired) electrons. The van der Waals surface area contributed by atoms with Crippen molar-refractivity contribution < 1.29 is 0 Å². The fourth-order valence-electron chi connectivity index (χ4n) is 11.0. The number of aromatic nitrogens is 4. The fraction of sp³-hybridized carbons (Fsp3) is 0. The highest BCUT2D eigenvalue weighted by atomic mass is 15.0. The van der Waals surface area contributed by atoms with E-state index in [9.17, 15) is 0 Å². The molecule has 3 aromatic heterocycles. The van der Waals surface area contributed by atoms with Crippen molar-refractivity contribution in [3.63, 3.8) is 0 Å². The third-order valence-corrected chi connectivity index (χ3v) is 14.6. The highest BCUT2D eigenvalue weighted by Gasteiger charge is 2.22. The average molecular weight is 943 g/mol. The van der Waals surface area contributed by atoms with Gasteiger partial charge in [0.2, 0.25) is 0 Å². The van der Waals surface area contributed by atoms with Gasteiger partial charge < -0.3 is 9.13 Å². The number of rotatable bonds is 9. The molecular weight excluding hydrogens is 897 g/mol. The Balaban J connectivity index is 0.985. The maximum atomic E-state index is 5.48. The number of benzene rings is 11. The molecule has 14 rings (SSSR count). The van der Waals surface area contributed by atoms with Gasteiger partial charge in [0.1, 0.15) is 0 Å². The second-order valence-corrected chi connectivity index (χ2v) is 18.9. The summed E-state index contributed by atoms with van der Waals surface area (Å²) >= 11 is 0. The van der Waals surface area contributed by atoms with Crippen LogP contribution < -0.4 is 0 Å². The van der Waals surface area contributed by atoms with E-state index in [-0.39, 0.29) is 0 Å². The Morgan fingerprint density at radius 1 is 0.216 bits per heavy atom. The first-order valence-corrected chi connectivity index (χ1v) is 25.2. The van der Waals surface area contributed by atoms with E-state index in [0.29, 0.717) is 5.82 Å². The summed E-state index contributed by atoms with van der Waals surface area (Å²) in [4.78, 5) is 11.0. The van der Waals surface area contributed by atoms with Crippen molar-refractivity contribution in [2.75, 3.05) is 0 Å². The Morgan fingerprint density at radius 2 is 0.486 bits per heavy atom. The van der Waals surface area contributed by atoms with Gasteiger partial charge in [0.25, 0.3) is 0 Å². The van der Waals surface area contributed by atoms with Crippen LogP contribution in [0.25, 0.3) is 133 Å². The Morgan fingerprint density at radius 3 is 0.797 bits per heavy atom. The van der Waals surface area contributed by atoms with Gasteiger partial charge in [-0.2, -0.15) is 0 Å². The van der Waals surface area contributed by atoms with E-state index < -0.39 is 0 Å². The van der Waals surface area contributed by atoms with Crippen LogP contribution in [-0.4, -0.2) is 19.1 Å². The molecular formula is C70H46N4. The highest BCUT2D eigenvalue weighted by molar-refractivity contribution is 6.13. The zero-order chi connectivity index (χ0) is 49.0. The molecule has 0 bridgehead atoms. The lowest BCUT2D eigenvalue weighted by atomic mass is 10.0. The van der Waals surface area contributed by atoms with Crippen LogP contribution in [0.3, 0.4) is 0 Å². The monoisotopic (exact) mass is 942 g/mol. The van der Waals surface area contributed by atoms with Crippen molar-refractivity contribution in [3.05, 3.63) is 279 Å². The predicted molar refractivity (Wildman–Crippen MR) is 309 cm³/mol. The first-order chi connectivity index (χ1) is 36.7. The Hall–Kier alpha value is -9.90. The van der Waals surface area contributed by atoms with Crippen LogP contribution in [0.1, 0.15) is 0 Å². The molecule has 0 atom stereocenters. The van der Waals surface area contributed by atoms with Crippen LogP contribution in [0.2, 0.25) is 0 Å². The second-order valence-electron chi connectivity index (χ2n) is 18.9. The molecule has 0 aliphatic heterocycles. The summed E-state index contributed by atoms with van der Waals surface area (Å²) in [6, 6.07) is 100. The molecule has 4 nitrogen and oxygen atoms in total. The average Bonchev–Trinajstić information content (AvgIpc) is 3.99. The van der Waals surface area contributed by atoms with Gasteiger partial charge in [-0.05, 0) is 111 Å². The molecule has 0 fully saturated rings. The molecule has 0 aliphatic rings. The maximum Gasteiger partial charge on any atom is 0.160 e. The van der Waals surface area contributed by atoms with Gasteiger partial charge in [-0.25, -0.2) is 9.97 Å². The lowest BCUT2D eigenvalue weighted by molar-refractivity contribution is 1.14. The van der Waals surface area contributed by atoms with Crippen molar-refractivity contribution in [3.8, 4) is 89.8 Å². The van der Waals surface area contributed by atoms with E-state index in [2.05, 4.69) is 282 Å². The first-order valence-electron chi connectivity index (χ1n) is 25.2. The van der Waals surface area contributed by atoms with Crippen LogP contribution in [0.15, 0.2) is 279 Å². The third kappa shape index (κ3) is 7.48. The number of hydrogen-bond acceptors (Lipinski definition) is 2. The minimum atomic E-state index is 0.659. The SMILES string of the molecule is c1ccc(-c2ccc3c(c2)c2cc(-c4ccccc4)ccc2n3-c2ccccc2-c2cc(-c3ccccc3-n3c4ccc(-c5ccccc5)cc4c4cc(-c5ccccc5)ccc43)nc(-c3ccccc3)n2)cc1. The van der Waals surface area contributed by atoms with Crippen LogP contribution in [0.5, 0.6) is 0 Å². The standard InChI is InChI=1S/C70H46N4/c1-6-20-47(21-7-1)52-34-38-66-58(42-52)59-43-53(48-22-8-2-9-23-48)35-39-67(59)73(66)64-32-18-16-30-56(64)62-46-63(72-70(71-62)51-28-14-5-15-29-51)57-31-17-19-33-65(57)74-68-40-36-54(49-24-10-3-11-25-49)44-60(68)61-45-55(37-41-69(61)74)50-26-12-4-13-27-50/h1-46H. The van der Waals surface area contributed by atoms with E-state index >= 15 is 0 Å². The van der Waals surface area contributed by atoms with E-state index in [0.717, 1.165) is 61.5 Å². The van der Waals surface area contributed by atoms with Gasteiger partial charge in [-0.1, -0.05) is 212 Å². The van der Waals surface area contributed by atoms with Crippen LogP contribution >= 0.6 is 0 Å².